The van der Waals surface area contributed by atoms with Crippen molar-refractivity contribution in [2.75, 3.05) is 0 Å². The molecule has 0 aliphatic rings. The van der Waals surface area contributed by atoms with Crippen molar-refractivity contribution in [2.45, 2.75) is 26.4 Å². The van der Waals surface area contributed by atoms with Gasteiger partial charge in [-0.1, -0.05) is 0 Å². The molecule has 0 aromatic rings. The summed E-state index contributed by atoms with van der Waals surface area (Å²) in [4.78, 5) is 21.1. The van der Waals surface area contributed by atoms with Gasteiger partial charge in [-0.25, -0.2) is 0 Å². The van der Waals surface area contributed by atoms with Crippen LogP contribution in [-0.4, -0.2) is 69.2 Å². The maximum absolute atomic E-state index is 10.9. The number of ether oxygens (including phenoxy) is 1. The van der Waals surface area contributed by atoms with E-state index in [-0.39, 0.29) is 57.7 Å². The van der Waals surface area contributed by atoms with Gasteiger partial charge in [0.05, 0.1) is 6.07 Å². The summed E-state index contributed by atoms with van der Waals surface area (Å²) >= 11 is 0. The van der Waals surface area contributed by atoms with Gasteiger partial charge in [0.1, 0.15) is 11.9 Å². The summed E-state index contributed by atoms with van der Waals surface area (Å²) < 4.78 is 4.79. The van der Waals surface area contributed by atoms with Crippen LogP contribution < -0.4 is 0 Å². The van der Waals surface area contributed by atoms with Crippen molar-refractivity contribution < 1.29 is 14.3 Å². The Hall–Kier alpha value is 0.266. The van der Waals surface area contributed by atoms with E-state index in [2.05, 4.69) is 0 Å². The molecule has 0 N–H and O–H groups in total. The third-order valence-corrected chi connectivity index (χ3v) is 0.936. The molecule has 5 heteroatoms. The molecule has 13 heavy (non-hydrogen) atoms. The maximum atomic E-state index is 10.9. The number of rotatable bonds is 2. The normalized spacial score (nSPS) is 11.8. The van der Waals surface area contributed by atoms with Crippen molar-refractivity contribution in [3.63, 3.8) is 0 Å². The molecule has 0 rings (SSSR count). The summed E-state index contributed by atoms with van der Waals surface area (Å²) in [5, 5.41) is 8.31. The van der Waals surface area contributed by atoms with Crippen molar-refractivity contribution in [3.05, 3.63) is 0 Å². The molecule has 0 saturated heterocycles. The SMILES string of the molecule is CC(C)(C)OC(=O)C(C#N)C=O.[KH]. The van der Waals surface area contributed by atoms with Crippen LogP contribution in [0.25, 0.3) is 0 Å². The van der Waals surface area contributed by atoms with Crippen molar-refractivity contribution >= 4 is 63.6 Å². The van der Waals surface area contributed by atoms with E-state index in [9.17, 15) is 9.59 Å². The molecule has 0 spiro atoms. The van der Waals surface area contributed by atoms with Crippen LogP contribution in [0.1, 0.15) is 20.8 Å². The predicted octanol–water partition coefficient (Wildman–Crippen LogP) is 0.0183. The average Bonchev–Trinajstić information content (AvgIpc) is 1.85. The summed E-state index contributed by atoms with van der Waals surface area (Å²) in [6.07, 6.45) is 0.272. The number of hydrogen-bond donors (Lipinski definition) is 0. The van der Waals surface area contributed by atoms with E-state index in [1.807, 2.05) is 0 Å². The first kappa shape index (κ1) is 15.7. The molecule has 0 radical (unpaired) electrons. The number of aldehydes is 1. The zero-order chi connectivity index (χ0) is 9.78. The molecule has 0 saturated carbocycles. The van der Waals surface area contributed by atoms with Crippen LogP contribution in [0.15, 0.2) is 0 Å². The standard InChI is InChI=1S/C8H11NO3.K.H/c1-8(2,3)12-7(11)6(4-9)5-10;;/h5-6H,1-3H3;;. The Morgan fingerprint density at radius 2 is 2.00 bits per heavy atom. The zero-order valence-corrected chi connectivity index (χ0v) is 7.33. The molecule has 0 aliphatic heterocycles. The molecule has 0 aliphatic carbocycles. The second-order valence-corrected chi connectivity index (χ2v) is 3.28. The molecule has 1 unspecified atom stereocenters. The second-order valence-electron chi connectivity index (χ2n) is 3.28. The molecule has 0 aromatic heterocycles. The van der Waals surface area contributed by atoms with Gasteiger partial charge in [0, 0.05) is 0 Å². The molecular formula is C8H12KNO3. The molecule has 4 nitrogen and oxygen atoms in total. The van der Waals surface area contributed by atoms with E-state index < -0.39 is 17.5 Å². The van der Waals surface area contributed by atoms with Crippen molar-refractivity contribution in [3.8, 4) is 6.07 Å². The quantitative estimate of drug-likeness (QED) is 0.278. The summed E-state index contributed by atoms with van der Waals surface area (Å²) in [6, 6.07) is 1.53. The van der Waals surface area contributed by atoms with Gasteiger partial charge in [0.2, 0.25) is 0 Å². The van der Waals surface area contributed by atoms with E-state index in [4.69, 9.17) is 10.00 Å². The molecule has 0 fully saturated rings. The number of nitriles is 1. The van der Waals surface area contributed by atoms with E-state index >= 15 is 0 Å². The Balaban J connectivity index is 0. The van der Waals surface area contributed by atoms with Crippen molar-refractivity contribution in [1.29, 1.82) is 5.26 Å². The summed E-state index contributed by atoms with van der Waals surface area (Å²) in [5.74, 6) is -2.09. The molecule has 1 atom stereocenters. The van der Waals surface area contributed by atoms with Crippen LogP contribution in [0.5, 0.6) is 0 Å². The van der Waals surface area contributed by atoms with E-state index in [0.29, 0.717) is 0 Å². The van der Waals surface area contributed by atoms with Gasteiger partial charge in [-0.2, -0.15) is 5.26 Å². The van der Waals surface area contributed by atoms with Crippen LogP contribution in [0, 0.1) is 17.2 Å². The van der Waals surface area contributed by atoms with Gasteiger partial charge < -0.3 is 9.53 Å². The predicted molar refractivity (Wildman–Crippen MR) is 48.2 cm³/mol. The Morgan fingerprint density at radius 1 is 1.54 bits per heavy atom. The second kappa shape index (κ2) is 6.68. The van der Waals surface area contributed by atoms with Crippen LogP contribution >= 0.6 is 0 Å². The van der Waals surface area contributed by atoms with Crippen molar-refractivity contribution in [1.82, 2.24) is 0 Å². The molecular weight excluding hydrogens is 197 g/mol. The first-order chi connectivity index (χ1) is 5.40. The van der Waals surface area contributed by atoms with E-state index in [1.165, 1.54) is 6.07 Å². The van der Waals surface area contributed by atoms with E-state index in [1.54, 1.807) is 20.8 Å². The third-order valence-electron chi connectivity index (χ3n) is 0.936. The molecule has 0 aromatic carbocycles. The summed E-state index contributed by atoms with van der Waals surface area (Å²) in [7, 11) is 0. The number of esters is 1. The van der Waals surface area contributed by atoms with Gasteiger partial charge in [-0.3, -0.25) is 4.79 Å². The fraction of sp³-hybridized carbons (Fsp3) is 0.625. The number of carbonyl (C=O) groups is 2. The Labute approximate surface area is 120 Å². The average molecular weight is 209 g/mol. The molecule has 0 heterocycles. The molecule has 0 bridgehead atoms. The Bertz CT molecular complexity index is 227. The van der Waals surface area contributed by atoms with Crippen molar-refractivity contribution in [2.24, 2.45) is 5.92 Å². The summed E-state index contributed by atoms with van der Waals surface area (Å²) in [5.41, 5.74) is -0.658. The van der Waals surface area contributed by atoms with Crippen LogP contribution in [0.2, 0.25) is 0 Å². The van der Waals surface area contributed by atoms with Crippen LogP contribution in [-0.2, 0) is 14.3 Å². The molecule has 68 valence electrons. The molecule has 0 amide bonds. The van der Waals surface area contributed by atoms with Gasteiger partial charge in [0.15, 0.2) is 5.92 Å². The Kier molecular flexibility index (Phi) is 8.08. The van der Waals surface area contributed by atoms with Gasteiger partial charge >= 0.3 is 57.4 Å². The number of carbonyl (C=O) groups excluding carboxylic acids is 2. The summed E-state index contributed by atoms with van der Waals surface area (Å²) in [6.45, 7) is 5.01. The topological polar surface area (TPSA) is 67.2 Å². The van der Waals surface area contributed by atoms with E-state index in [0.717, 1.165) is 0 Å². The number of hydrogen-bond acceptors (Lipinski definition) is 4. The minimum atomic E-state index is -1.30. The monoisotopic (exact) mass is 209 g/mol. The third kappa shape index (κ3) is 7.35. The van der Waals surface area contributed by atoms with Gasteiger partial charge in [-0.05, 0) is 20.8 Å². The van der Waals surface area contributed by atoms with Crippen LogP contribution in [0.4, 0.5) is 0 Å². The zero-order valence-electron chi connectivity index (χ0n) is 7.33. The fourth-order valence-electron chi connectivity index (χ4n) is 0.504. The fourth-order valence-corrected chi connectivity index (χ4v) is 0.504. The van der Waals surface area contributed by atoms with Crippen LogP contribution in [0.3, 0.4) is 0 Å². The Morgan fingerprint density at radius 3 is 2.23 bits per heavy atom. The van der Waals surface area contributed by atoms with Gasteiger partial charge in [-0.15, -0.1) is 0 Å². The number of nitrogens with zero attached hydrogens (tertiary/aromatic N) is 1. The van der Waals surface area contributed by atoms with Gasteiger partial charge in [0.25, 0.3) is 0 Å². The minimum absolute atomic E-state index is 0. The first-order valence-electron chi connectivity index (χ1n) is 3.48. The first-order valence-corrected chi connectivity index (χ1v) is 3.48.